The monoisotopic (exact) mass is 409 g/mol. The molecule has 0 aliphatic carbocycles. The van der Waals surface area contributed by atoms with Gasteiger partial charge in [-0.1, -0.05) is 30.6 Å². The molecule has 0 aromatic heterocycles. The van der Waals surface area contributed by atoms with Gasteiger partial charge in [-0.2, -0.15) is 13.2 Å². The van der Waals surface area contributed by atoms with Crippen LogP contribution in [0.5, 0.6) is 5.75 Å². The Labute approximate surface area is 166 Å². The molecule has 0 aliphatic heterocycles. The number of oxime groups is 1. The minimum atomic E-state index is -4.37. The average molecular weight is 409 g/mol. The maximum absolute atomic E-state index is 12.6. The first-order valence-corrected chi connectivity index (χ1v) is 9.01. The molecule has 2 rings (SSSR count). The fraction of sp³-hybridized carbons (Fsp3) is 0.333. The van der Waals surface area contributed by atoms with Crippen molar-refractivity contribution in [2.24, 2.45) is 5.16 Å². The second-order valence-corrected chi connectivity index (χ2v) is 6.42. The van der Waals surface area contributed by atoms with E-state index in [4.69, 9.17) is 14.7 Å². The lowest BCUT2D eigenvalue weighted by molar-refractivity contribution is -0.139. The quantitative estimate of drug-likeness (QED) is 0.457. The van der Waals surface area contributed by atoms with Gasteiger partial charge in [0.2, 0.25) is 0 Å². The molecule has 5 nitrogen and oxygen atoms in total. The number of nitrogens with zero attached hydrogens (tertiary/aromatic N) is 1. The standard InChI is InChI=1S/C21H22F3NO4/c1-3-4-18(16-7-10-19(14(2)11-16)28-13-20(26)27)25-29-12-15-5-8-17(9-6-15)21(22,23)24/h5-11H,3-4,12-13H2,1-2H3,(H,26,27)/b25-18+. The Morgan fingerprint density at radius 3 is 2.38 bits per heavy atom. The van der Waals surface area contributed by atoms with Crippen molar-refractivity contribution in [1.82, 2.24) is 0 Å². The first kappa shape index (κ1) is 22.3. The first-order chi connectivity index (χ1) is 13.7. The van der Waals surface area contributed by atoms with Gasteiger partial charge in [-0.15, -0.1) is 0 Å². The Kier molecular flexibility index (Phi) is 7.64. The molecule has 156 valence electrons. The largest absolute Gasteiger partial charge is 0.482 e. The molecule has 0 bridgehead atoms. The topological polar surface area (TPSA) is 68.1 Å². The highest BCUT2D eigenvalue weighted by molar-refractivity contribution is 6.00. The molecule has 0 saturated heterocycles. The highest BCUT2D eigenvalue weighted by atomic mass is 19.4. The normalized spacial score (nSPS) is 12.0. The predicted octanol–water partition coefficient (Wildman–Crippen LogP) is 5.20. The Hall–Kier alpha value is -3.03. The van der Waals surface area contributed by atoms with Crippen LogP contribution in [0.3, 0.4) is 0 Å². The third kappa shape index (κ3) is 6.81. The number of carboxylic acid groups (broad SMARTS) is 1. The van der Waals surface area contributed by atoms with Crippen molar-refractivity contribution in [1.29, 1.82) is 0 Å². The van der Waals surface area contributed by atoms with Crippen LogP contribution in [-0.2, 0) is 22.4 Å². The zero-order chi connectivity index (χ0) is 21.4. The summed E-state index contributed by atoms with van der Waals surface area (Å²) >= 11 is 0. The van der Waals surface area contributed by atoms with Crippen LogP contribution in [0.1, 0.15) is 42.0 Å². The summed E-state index contributed by atoms with van der Waals surface area (Å²) in [5.41, 5.74) is 2.12. The number of carbonyl (C=O) groups is 1. The van der Waals surface area contributed by atoms with Crippen LogP contribution < -0.4 is 4.74 Å². The van der Waals surface area contributed by atoms with Crippen LogP contribution in [0.25, 0.3) is 0 Å². The molecule has 0 unspecified atom stereocenters. The molecular weight excluding hydrogens is 387 g/mol. The van der Waals surface area contributed by atoms with Crippen LogP contribution in [0.2, 0.25) is 0 Å². The molecule has 1 N–H and O–H groups in total. The molecule has 8 heteroatoms. The number of benzene rings is 2. The fourth-order valence-electron chi connectivity index (χ4n) is 2.58. The molecule has 2 aromatic carbocycles. The van der Waals surface area contributed by atoms with E-state index in [-0.39, 0.29) is 6.61 Å². The first-order valence-electron chi connectivity index (χ1n) is 9.01. The number of carboxylic acids is 1. The molecule has 0 amide bonds. The maximum Gasteiger partial charge on any atom is 0.416 e. The van der Waals surface area contributed by atoms with Crippen molar-refractivity contribution in [2.75, 3.05) is 6.61 Å². The van der Waals surface area contributed by atoms with Crippen LogP contribution in [0, 0.1) is 6.92 Å². The van der Waals surface area contributed by atoms with E-state index in [0.717, 1.165) is 29.7 Å². The van der Waals surface area contributed by atoms with Crippen molar-refractivity contribution in [3.63, 3.8) is 0 Å². The molecule has 0 spiro atoms. The molecule has 2 aromatic rings. The number of hydrogen-bond acceptors (Lipinski definition) is 4. The molecule has 0 saturated carbocycles. The third-order valence-corrected chi connectivity index (χ3v) is 4.03. The Balaban J connectivity index is 2.07. The second kappa shape index (κ2) is 9.95. The van der Waals surface area contributed by atoms with Crippen molar-refractivity contribution in [3.8, 4) is 5.75 Å². The number of rotatable bonds is 9. The van der Waals surface area contributed by atoms with E-state index in [1.807, 2.05) is 13.0 Å². The van der Waals surface area contributed by atoms with E-state index in [9.17, 15) is 18.0 Å². The number of aryl methyl sites for hydroxylation is 1. The molecule has 0 fully saturated rings. The minimum Gasteiger partial charge on any atom is -0.482 e. The van der Waals surface area contributed by atoms with Gasteiger partial charge in [0.25, 0.3) is 0 Å². The van der Waals surface area contributed by atoms with Gasteiger partial charge in [0, 0.05) is 0 Å². The molecule has 0 atom stereocenters. The van der Waals surface area contributed by atoms with Crippen molar-refractivity contribution in [3.05, 3.63) is 64.7 Å². The average Bonchev–Trinajstić information content (AvgIpc) is 2.66. The summed E-state index contributed by atoms with van der Waals surface area (Å²) in [6.07, 6.45) is -2.91. The maximum atomic E-state index is 12.6. The Bertz CT molecular complexity index is 861. The summed E-state index contributed by atoms with van der Waals surface area (Å²) < 4.78 is 43.0. The smallest absolute Gasteiger partial charge is 0.416 e. The van der Waals surface area contributed by atoms with Crippen LogP contribution in [0.15, 0.2) is 47.6 Å². The molecule has 29 heavy (non-hydrogen) atoms. The molecular formula is C21H22F3NO4. The van der Waals surface area contributed by atoms with Gasteiger partial charge in [0.15, 0.2) is 6.61 Å². The van der Waals surface area contributed by atoms with Gasteiger partial charge >= 0.3 is 12.1 Å². The second-order valence-electron chi connectivity index (χ2n) is 6.42. The number of halogens is 3. The van der Waals surface area contributed by atoms with E-state index in [2.05, 4.69) is 5.16 Å². The van der Waals surface area contributed by atoms with Gasteiger partial charge in [-0.25, -0.2) is 4.79 Å². The summed E-state index contributed by atoms with van der Waals surface area (Å²) in [6.45, 7) is 3.41. The van der Waals surface area contributed by atoms with Crippen LogP contribution in [-0.4, -0.2) is 23.4 Å². The van der Waals surface area contributed by atoms with E-state index in [1.165, 1.54) is 12.1 Å². The SMILES string of the molecule is CCC/C(=N\OCc1ccc(C(F)(F)F)cc1)c1ccc(OCC(=O)O)c(C)c1. The van der Waals surface area contributed by atoms with Crippen molar-refractivity contribution < 1.29 is 32.6 Å². The Morgan fingerprint density at radius 1 is 1.14 bits per heavy atom. The minimum absolute atomic E-state index is 0.0458. The lowest BCUT2D eigenvalue weighted by atomic mass is 10.0. The predicted molar refractivity (Wildman–Crippen MR) is 102 cm³/mol. The highest BCUT2D eigenvalue weighted by Gasteiger charge is 2.29. The molecule has 0 radical (unpaired) electrons. The van der Waals surface area contributed by atoms with Gasteiger partial charge in [-0.3, -0.25) is 0 Å². The molecule has 0 aliphatic rings. The van der Waals surface area contributed by atoms with Crippen molar-refractivity contribution in [2.45, 2.75) is 39.5 Å². The zero-order valence-corrected chi connectivity index (χ0v) is 16.1. The Morgan fingerprint density at radius 2 is 1.83 bits per heavy atom. The third-order valence-electron chi connectivity index (χ3n) is 4.03. The van der Waals surface area contributed by atoms with E-state index < -0.39 is 24.3 Å². The van der Waals surface area contributed by atoms with Gasteiger partial charge in [0.1, 0.15) is 12.4 Å². The van der Waals surface area contributed by atoms with E-state index >= 15 is 0 Å². The number of aliphatic carboxylic acids is 1. The van der Waals surface area contributed by atoms with E-state index in [0.29, 0.717) is 23.4 Å². The number of alkyl halides is 3. The van der Waals surface area contributed by atoms with Crippen molar-refractivity contribution >= 4 is 11.7 Å². The number of hydrogen-bond donors (Lipinski definition) is 1. The van der Waals surface area contributed by atoms with Gasteiger partial charge < -0.3 is 14.7 Å². The molecule has 0 heterocycles. The summed E-state index contributed by atoms with van der Waals surface area (Å²) in [5.74, 6) is -0.587. The highest BCUT2D eigenvalue weighted by Crippen LogP contribution is 2.29. The summed E-state index contributed by atoms with van der Waals surface area (Å²) in [5, 5.41) is 12.9. The van der Waals surface area contributed by atoms with Gasteiger partial charge in [-0.05, 0) is 60.4 Å². The summed E-state index contributed by atoms with van der Waals surface area (Å²) in [6, 6.07) is 10.00. The summed E-state index contributed by atoms with van der Waals surface area (Å²) in [7, 11) is 0. The zero-order valence-electron chi connectivity index (χ0n) is 16.1. The lowest BCUT2D eigenvalue weighted by Gasteiger charge is -2.11. The van der Waals surface area contributed by atoms with E-state index in [1.54, 1.807) is 19.1 Å². The van der Waals surface area contributed by atoms with Gasteiger partial charge in [0.05, 0.1) is 11.3 Å². The fourth-order valence-corrected chi connectivity index (χ4v) is 2.58. The number of ether oxygens (including phenoxy) is 1. The lowest BCUT2D eigenvalue weighted by Crippen LogP contribution is -2.10. The van der Waals surface area contributed by atoms with Crippen LogP contribution in [0.4, 0.5) is 13.2 Å². The van der Waals surface area contributed by atoms with Crippen LogP contribution >= 0.6 is 0 Å². The summed E-state index contributed by atoms with van der Waals surface area (Å²) in [4.78, 5) is 16.0.